The van der Waals surface area contributed by atoms with Crippen LogP contribution in [0.1, 0.15) is 30.5 Å². The molecule has 192 valence electrons. The van der Waals surface area contributed by atoms with Gasteiger partial charge in [0.25, 0.3) is 10.0 Å². The number of ether oxygens (including phenoxy) is 3. The summed E-state index contributed by atoms with van der Waals surface area (Å²) in [5, 5.41) is 2.98. The number of sulfonamides is 1. The van der Waals surface area contributed by atoms with Crippen molar-refractivity contribution in [3.05, 3.63) is 77.9 Å². The molecule has 0 aliphatic carbocycles. The summed E-state index contributed by atoms with van der Waals surface area (Å²) in [7, 11) is 0.423. The molecule has 1 amide bonds. The summed E-state index contributed by atoms with van der Waals surface area (Å²) in [6, 6.07) is 18.2. The van der Waals surface area contributed by atoms with Crippen molar-refractivity contribution in [3.8, 4) is 17.2 Å². The second-order valence-electron chi connectivity index (χ2n) is 8.12. The predicted molar refractivity (Wildman–Crippen MR) is 139 cm³/mol. The van der Waals surface area contributed by atoms with Crippen LogP contribution in [0.25, 0.3) is 0 Å². The summed E-state index contributed by atoms with van der Waals surface area (Å²) >= 11 is 0. The molecule has 1 unspecified atom stereocenters. The molecule has 9 heteroatoms. The lowest BCUT2D eigenvalue weighted by atomic mass is 10.0. The topological polar surface area (TPSA) is 94.2 Å². The van der Waals surface area contributed by atoms with Crippen LogP contribution in [0.2, 0.25) is 0 Å². The van der Waals surface area contributed by atoms with Crippen molar-refractivity contribution in [3.63, 3.8) is 0 Å². The van der Waals surface area contributed by atoms with E-state index in [4.69, 9.17) is 14.2 Å². The molecule has 0 aromatic heterocycles. The van der Waals surface area contributed by atoms with Crippen LogP contribution in [0, 0.1) is 6.92 Å². The van der Waals surface area contributed by atoms with Crippen molar-refractivity contribution >= 4 is 21.6 Å². The Balaban J connectivity index is 1.99. The van der Waals surface area contributed by atoms with Crippen LogP contribution in [0.4, 0.5) is 5.69 Å². The first-order valence-corrected chi connectivity index (χ1v) is 12.9. The Morgan fingerprint density at radius 1 is 0.917 bits per heavy atom. The number of carbonyl (C=O) groups excluding carboxylic acids is 1. The molecule has 1 atom stereocenters. The molecule has 0 radical (unpaired) electrons. The maximum Gasteiger partial charge on any atom is 0.264 e. The first kappa shape index (κ1) is 26.9. The molecule has 1 N–H and O–H groups in total. The minimum Gasteiger partial charge on any atom is -0.497 e. The van der Waals surface area contributed by atoms with E-state index in [1.54, 1.807) is 37.4 Å². The van der Waals surface area contributed by atoms with E-state index < -0.39 is 22.5 Å². The molecular formula is C27H32N2O6S. The molecule has 0 aliphatic heterocycles. The predicted octanol–water partition coefficient (Wildman–Crippen LogP) is 4.48. The van der Waals surface area contributed by atoms with Crippen molar-refractivity contribution in [2.24, 2.45) is 0 Å². The van der Waals surface area contributed by atoms with E-state index in [1.165, 1.54) is 32.4 Å². The van der Waals surface area contributed by atoms with Gasteiger partial charge in [0, 0.05) is 6.07 Å². The van der Waals surface area contributed by atoms with Crippen molar-refractivity contribution in [2.75, 3.05) is 32.2 Å². The highest BCUT2D eigenvalue weighted by molar-refractivity contribution is 7.92. The van der Waals surface area contributed by atoms with E-state index in [0.29, 0.717) is 17.9 Å². The number of amides is 1. The summed E-state index contributed by atoms with van der Waals surface area (Å²) in [5.41, 5.74) is 2.04. The van der Waals surface area contributed by atoms with Gasteiger partial charge in [0.15, 0.2) is 0 Å². The second-order valence-corrected chi connectivity index (χ2v) is 9.98. The lowest BCUT2D eigenvalue weighted by molar-refractivity contribution is -0.120. The van der Waals surface area contributed by atoms with Crippen molar-refractivity contribution in [1.29, 1.82) is 0 Å². The van der Waals surface area contributed by atoms with Crippen molar-refractivity contribution in [2.45, 2.75) is 31.2 Å². The van der Waals surface area contributed by atoms with Gasteiger partial charge in [0.1, 0.15) is 23.8 Å². The van der Waals surface area contributed by atoms with Gasteiger partial charge in [-0.1, -0.05) is 37.3 Å². The smallest absolute Gasteiger partial charge is 0.264 e. The Bertz CT molecular complexity index is 1290. The van der Waals surface area contributed by atoms with Crippen LogP contribution in [0.5, 0.6) is 17.2 Å². The van der Waals surface area contributed by atoms with Gasteiger partial charge in [-0.15, -0.1) is 0 Å². The Hall–Kier alpha value is -3.72. The molecule has 0 fully saturated rings. The molecule has 0 aliphatic rings. The number of nitrogens with zero attached hydrogens (tertiary/aromatic N) is 1. The fraction of sp³-hybridized carbons (Fsp3) is 0.296. The molecular weight excluding hydrogens is 480 g/mol. The molecule has 3 aromatic rings. The summed E-state index contributed by atoms with van der Waals surface area (Å²) in [5.74, 6) is 1.02. The zero-order chi connectivity index (χ0) is 26.3. The highest BCUT2D eigenvalue weighted by atomic mass is 32.2. The molecule has 0 spiro atoms. The molecule has 8 nitrogen and oxygen atoms in total. The van der Waals surface area contributed by atoms with Gasteiger partial charge >= 0.3 is 0 Å². The van der Waals surface area contributed by atoms with Gasteiger partial charge in [0.2, 0.25) is 5.91 Å². The Kier molecular flexibility index (Phi) is 8.82. The lowest BCUT2D eigenvalue weighted by Gasteiger charge is -2.27. The largest absolute Gasteiger partial charge is 0.497 e. The zero-order valence-corrected chi connectivity index (χ0v) is 22.0. The van der Waals surface area contributed by atoms with Gasteiger partial charge in [-0.25, -0.2) is 8.42 Å². The number of hydrogen-bond acceptors (Lipinski definition) is 6. The third-order valence-corrected chi connectivity index (χ3v) is 7.61. The first-order valence-electron chi connectivity index (χ1n) is 11.5. The minimum absolute atomic E-state index is 0.0560. The molecule has 0 heterocycles. The van der Waals surface area contributed by atoms with Crippen molar-refractivity contribution < 1.29 is 27.4 Å². The maximum atomic E-state index is 13.7. The monoisotopic (exact) mass is 512 g/mol. The van der Waals surface area contributed by atoms with E-state index in [9.17, 15) is 13.2 Å². The Morgan fingerprint density at radius 2 is 1.58 bits per heavy atom. The first-order chi connectivity index (χ1) is 17.2. The summed E-state index contributed by atoms with van der Waals surface area (Å²) in [6.45, 7) is 3.43. The van der Waals surface area contributed by atoms with Crippen LogP contribution in [-0.4, -0.2) is 42.2 Å². The van der Waals surface area contributed by atoms with Gasteiger partial charge in [-0.05, 0) is 54.8 Å². The van der Waals surface area contributed by atoms with E-state index in [0.717, 1.165) is 21.2 Å². The third kappa shape index (κ3) is 5.91. The second kappa shape index (κ2) is 11.8. The highest BCUT2D eigenvalue weighted by Gasteiger charge is 2.30. The number of methoxy groups -OCH3 is 3. The number of anilines is 1. The van der Waals surface area contributed by atoms with E-state index in [2.05, 4.69) is 5.32 Å². The number of hydrogen-bond donors (Lipinski definition) is 1. The van der Waals surface area contributed by atoms with E-state index in [1.807, 2.05) is 32.0 Å². The molecule has 0 saturated carbocycles. The average Bonchev–Trinajstić information content (AvgIpc) is 2.90. The fourth-order valence-corrected chi connectivity index (χ4v) is 5.37. The molecule has 0 bridgehead atoms. The SMILES string of the molecule is CCC(NC(=O)CN(c1cc(OC)ccc1OC)S(=O)(=O)c1ccccc1)c1ccc(OC)c(C)c1. The molecule has 3 aromatic carbocycles. The van der Waals surface area contributed by atoms with Gasteiger partial charge in [0.05, 0.1) is 38.0 Å². The van der Waals surface area contributed by atoms with E-state index in [-0.39, 0.29) is 16.6 Å². The van der Waals surface area contributed by atoms with Crippen LogP contribution < -0.4 is 23.8 Å². The number of nitrogens with one attached hydrogen (secondary N) is 1. The minimum atomic E-state index is -4.11. The van der Waals surface area contributed by atoms with Gasteiger partial charge in [-0.3, -0.25) is 9.10 Å². The van der Waals surface area contributed by atoms with Crippen molar-refractivity contribution in [1.82, 2.24) is 5.32 Å². The summed E-state index contributed by atoms with van der Waals surface area (Å²) < 4.78 is 44.6. The number of rotatable bonds is 11. The average molecular weight is 513 g/mol. The standard InChI is InChI=1S/C27H32N2O6S/c1-6-23(20-12-14-25(34-4)19(2)16-20)28-27(30)18-29(36(31,32)22-10-8-7-9-11-22)24-17-21(33-3)13-15-26(24)35-5/h7-17,23H,6,18H2,1-5H3,(H,28,30). The molecule has 0 saturated heterocycles. The summed E-state index contributed by atoms with van der Waals surface area (Å²) in [4.78, 5) is 13.4. The molecule has 3 rings (SSSR count). The Morgan fingerprint density at radius 3 is 2.17 bits per heavy atom. The highest BCUT2D eigenvalue weighted by Crippen LogP contribution is 2.35. The summed E-state index contributed by atoms with van der Waals surface area (Å²) in [6.07, 6.45) is 0.616. The Labute approximate surface area is 212 Å². The lowest BCUT2D eigenvalue weighted by Crippen LogP contribution is -2.42. The zero-order valence-electron chi connectivity index (χ0n) is 21.1. The van der Waals surface area contributed by atoms with Gasteiger partial charge in [-0.2, -0.15) is 0 Å². The van der Waals surface area contributed by atoms with Gasteiger partial charge < -0.3 is 19.5 Å². The number of carbonyl (C=O) groups is 1. The third-order valence-electron chi connectivity index (χ3n) is 5.84. The molecule has 36 heavy (non-hydrogen) atoms. The fourth-order valence-electron chi connectivity index (χ4n) is 3.92. The number of aryl methyl sites for hydroxylation is 1. The van der Waals surface area contributed by atoms with Crippen LogP contribution >= 0.6 is 0 Å². The van der Waals surface area contributed by atoms with Crippen LogP contribution in [-0.2, 0) is 14.8 Å². The van der Waals surface area contributed by atoms with Crippen LogP contribution in [0.15, 0.2) is 71.6 Å². The van der Waals surface area contributed by atoms with E-state index >= 15 is 0 Å². The number of benzene rings is 3. The maximum absolute atomic E-state index is 13.7. The quantitative estimate of drug-likeness (QED) is 0.407. The van der Waals surface area contributed by atoms with Crippen LogP contribution in [0.3, 0.4) is 0 Å². The normalized spacial score (nSPS) is 11.9.